The molecule has 17 heavy (non-hydrogen) atoms. The van der Waals surface area contributed by atoms with E-state index in [9.17, 15) is 9.59 Å². The number of carbonyl (C=O) groups is 2. The third-order valence-corrected chi connectivity index (χ3v) is 2.02. The van der Waals surface area contributed by atoms with E-state index < -0.39 is 6.04 Å². The topological polar surface area (TPSA) is 103 Å². The van der Waals surface area contributed by atoms with E-state index in [4.69, 9.17) is 15.2 Å². The van der Waals surface area contributed by atoms with E-state index in [1.165, 1.54) is 7.11 Å². The van der Waals surface area contributed by atoms with Gasteiger partial charge in [0.1, 0.15) is 0 Å². The Morgan fingerprint density at radius 3 is 2.41 bits per heavy atom. The summed E-state index contributed by atoms with van der Waals surface area (Å²) in [7, 11) is 3.08. The molecular formula is C10H21N3O4. The predicted molar refractivity (Wildman–Crippen MR) is 62.4 cm³/mol. The number of ether oxygens (including phenoxy) is 2. The molecular weight excluding hydrogens is 226 g/mol. The second-order valence-corrected chi connectivity index (χ2v) is 3.45. The first-order chi connectivity index (χ1) is 8.11. The lowest BCUT2D eigenvalue weighted by Crippen LogP contribution is -2.45. The molecule has 7 nitrogen and oxygen atoms in total. The van der Waals surface area contributed by atoms with Crippen LogP contribution in [0, 0.1) is 0 Å². The van der Waals surface area contributed by atoms with Gasteiger partial charge >= 0.3 is 0 Å². The van der Waals surface area contributed by atoms with Gasteiger partial charge in [0, 0.05) is 27.4 Å². The van der Waals surface area contributed by atoms with Gasteiger partial charge in [0.15, 0.2) is 0 Å². The Morgan fingerprint density at radius 1 is 1.18 bits per heavy atom. The molecule has 0 aromatic carbocycles. The van der Waals surface area contributed by atoms with Crippen molar-refractivity contribution in [1.29, 1.82) is 0 Å². The van der Waals surface area contributed by atoms with Crippen LogP contribution in [-0.2, 0) is 19.1 Å². The molecule has 2 amide bonds. The van der Waals surface area contributed by atoms with E-state index in [-0.39, 0.29) is 18.4 Å². The van der Waals surface area contributed by atoms with Gasteiger partial charge in [-0.1, -0.05) is 0 Å². The van der Waals surface area contributed by atoms with Crippen LogP contribution >= 0.6 is 0 Å². The number of methoxy groups -OCH3 is 2. The van der Waals surface area contributed by atoms with E-state index in [1.54, 1.807) is 7.11 Å². The molecule has 0 heterocycles. The zero-order chi connectivity index (χ0) is 13.1. The van der Waals surface area contributed by atoms with Crippen LogP contribution in [0.5, 0.6) is 0 Å². The number of hydrogen-bond donors (Lipinski definition) is 3. The second-order valence-electron chi connectivity index (χ2n) is 3.45. The van der Waals surface area contributed by atoms with Crippen LogP contribution in [0.4, 0.5) is 0 Å². The van der Waals surface area contributed by atoms with Crippen molar-refractivity contribution < 1.29 is 19.1 Å². The summed E-state index contributed by atoms with van der Waals surface area (Å²) in [6.07, 6.45) is 0.424. The van der Waals surface area contributed by atoms with E-state index in [1.807, 2.05) is 0 Å². The van der Waals surface area contributed by atoms with Gasteiger partial charge in [0.05, 0.1) is 19.2 Å². The maximum absolute atomic E-state index is 11.4. The molecule has 1 atom stereocenters. The summed E-state index contributed by atoms with van der Waals surface area (Å²) in [5, 5.41) is 5.02. The SMILES string of the molecule is COCCNC(=O)CNC(=O)C(N)CCOC. The maximum atomic E-state index is 11.4. The Morgan fingerprint density at radius 2 is 1.82 bits per heavy atom. The highest BCUT2D eigenvalue weighted by atomic mass is 16.5. The fourth-order valence-electron chi connectivity index (χ4n) is 1.03. The van der Waals surface area contributed by atoms with Gasteiger partial charge in [0.25, 0.3) is 0 Å². The molecule has 0 rings (SSSR count). The molecule has 0 saturated heterocycles. The first-order valence-electron chi connectivity index (χ1n) is 5.39. The van der Waals surface area contributed by atoms with Gasteiger partial charge in [0.2, 0.25) is 11.8 Å². The molecule has 0 aliphatic heterocycles. The van der Waals surface area contributed by atoms with Crippen LogP contribution in [0.15, 0.2) is 0 Å². The van der Waals surface area contributed by atoms with Crippen molar-refractivity contribution >= 4 is 11.8 Å². The zero-order valence-electron chi connectivity index (χ0n) is 10.3. The van der Waals surface area contributed by atoms with Crippen LogP contribution in [0.1, 0.15) is 6.42 Å². The highest BCUT2D eigenvalue weighted by molar-refractivity contribution is 5.87. The molecule has 100 valence electrons. The molecule has 0 spiro atoms. The Labute approximate surface area is 101 Å². The van der Waals surface area contributed by atoms with Crippen molar-refractivity contribution in [2.75, 3.05) is 40.5 Å². The minimum atomic E-state index is -0.651. The summed E-state index contributed by atoms with van der Waals surface area (Å²) >= 11 is 0. The number of amides is 2. The average Bonchev–Trinajstić information content (AvgIpc) is 2.33. The lowest BCUT2D eigenvalue weighted by Gasteiger charge is -2.11. The van der Waals surface area contributed by atoms with Gasteiger partial charge < -0.3 is 25.8 Å². The number of carbonyl (C=O) groups excluding carboxylic acids is 2. The normalized spacial score (nSPS) is 11.9. The van der Waals surface area contributed by atoms with Gasteiger partial charge in [-0.05, 0) is 6.42 Å². The van der Waals surface area contributed by atoms with Crippen LogP contribution in [0.25, 0.3) is 0 Å². The fraction of sp³-hybridized carbons (Fsp3) is 0.800. The van der Waals surface area contributed by atoms with Crippen LogP contribution in [0.3, 0.4) is 0 Å². The quantitative estimate of drug-likeness (QED) is 0.418. The monoisotopic (exact) mass is 247 g/mol. The molecule has 0 aliphatic carbocycles. The molecule has 0 aromatic rings. The van der Waals surface area contributed by atoms with E-state index in [0.717, 1.165) is 0 Å². The van der Waals surface area contributed by atoms with E-state index >= 15 is 0 Å². The molecule has 1 unspecified atom stereocenters. The molecule has 0 fully saturated rings. The highest BCUT2D eigenvalue weighted by Gasteiger charge is 2.13. The van der Waals surface area contributed by atoms with Crippen molar-refractivity contribution in [3.05, 3.63) is 0 Å². The number of nitrogens with two attached hydrogens (primary N) is 1. The summed E-state index contributed by atoms with van der Waals surface area (Å²) in [4.78, 5) is 22.6. The Bertz CT molecular complexity index is 236. The first kappa shape index (κ1) is 15.8. The lowest BCUT2D eigenvalue weighted by atomic mass is 10.2. The number of hydrogen-bond acceptors (Lipinski definition) is 5. The Hall–Kier alpha value is -1.18. The summed E-state index contributed by atoms with van der Waals surface area (Å²) in [5.41, 5.74) is 5.57. The molecule has 0 saturated carbocycles. The van der Waals surface area contributed by atoms with Crippen molar-refractivity contribution in [2.45, 2.75) is 12.5 Å². The fourth-order valence-corrected chi connectivity index (χ4v) is 1.03. The van der Waals surface area contributed by atoms with Crippen LogP contribution < -0.4 is 16.4 Å². The van der Waals surface area contributed by atoms with Crippen LogP contribution in [-0.4, -0.2) is 58.4 Å². The van der Waals surface area contributed by atoms with Gasteiger partial charge in [-0.15, -0.1) is 0 Å². The molecule has 7 heteroatoms. The Balaban J connectivity index is 3.64. The third-order valence-electron chi connectivity index (χ3n) is 2.02. The van der Waals surface area contributed by atoms with Gasteiger partial charge in [-0.25, -0.2) is 0 Å². The molecule has 4 N–H and O–H groups in total. The first-order valence-corrected chi connectivity index (χ1v) is 5.39. The largest absolute Gasteiger partial charge is 0.385 e. The average molecular weight is 247 g/mol. The summed E-state index contributed by atoms with van der Waals surface area (Å²) in [5.74, 6) is -0.627. The Kier molecular flexibility index (Phi) is 9.31. The van der Waals surface area contributed by atoms with Gasteiger partial charge in [-0.3, -0.25) is 9.59 Å². The summed E-state index contributed by atoms with van der Waals surface area (Å²) in [6.45, 7) is 1.19. The minimum absolute atomic E-state index is 0.0801. The molecule has 0 bridgehead atoms. The zero-order valence-corrected chi connectivity index (χ0v) is 10.3. The summed E-state index contributed by atoms with van der Waals surface area (Å²) < 4.78 is 9.56. The maximum Gasteiger partial charge on any atom is 0.239 e. The third kappa shape index (κ3) is 8.61. The highest BCUT2D eigenvalue weighted by Crippen LogP contribution is 1.88. The van der Waals surface area contributed by atoms with Crippen molar-refractivity contribution in [3.8, 4) is 0 Å². The minimum Gasteiger partial charge on any atom is -0.385 e. The van der Waals surface area contributed by atoms with E-state index in [2.05, 4.69) is 10.6 Å². The molecule has 0 aromatic heterocycles. The number of rotatable bonds is 9. The predicted octanol–water partition coefficient (Wildman–Crippen LogP) is -1.77. The van der Waals surface area contributed by atoms with E-state index in [0.29, 0.717) is 26.2 Å². The van der Waals surface area contributed by atoms with Crippen molar-refractivity contribution in [1.82, 2.24) is 10.6 Å². The summed E-state index contributed by atoms with van der Waals surface area (Å²) in [6, 6.07) is -0.651. The molecule has 0 radical (unpaired) electrons. The van der Waals surface area contributed by atoms with Crippen molar-refractivity contribution in [2.24, 2.45) is 5.73 Å². The van der Waals surface area contributed by atoms with Crippen LogP contribution in [0.2, 0.25) is 0 Å². The van der Waals surface area contributed by atoms with Gasteiger partial charge in [-0.2, -0.15) is 0 Å². The standard InChI is InChI=1S/C10H21N3O4/c1-16-5-3-8(11)10(15)13-7-9(14)12-4-6-17-2/h8H,3-7,11H2,1-2H3,(H,12,14)(H,13,15). The van der Waals surface area contributed by atoms with Crippen molar-refractivity contribution in [3.63, 3.8) is 0 Å². The smallest absolute Gasteiger partial charge is 0.239 e. The number of nitrogens with one attached hydrogen (secondary N) is 2. The molecule has 0 aliphatic rings. The second kappa shape index (κ2) is 10.0. The lowest BCUT2D eigenvalue weighted by molar-refractivity contribution is -0.127.